The Balaban J connectivity index is 1.71. The number of furan rings is 1. The number of aromatic nitrogens is 2. The van der Waals surface area contributed by atoms with Crippen LogP contribution in [-0.4, -0.2) is 30.3 Å². The first kappa shape index (κ1) is 20.8. The van der Waals surface area contributed by atoms with Crippen LogP contribution in [0.5, 0.6) is 0 Å². The molecule has 0 fully saturated rings. The Morgan fingerprint density at radius 2 is 1.52 bits per heavy atom. The Bertz CT molecular complexity index is 1480. The van der Waals surface area contributed by atoms with Crippen molar-refractivity contribution in [1.29, 1.82) is 0 Å². The van der Waals surface area contributed by atoms with Gasteiger partial charge in [-0.3, -0.25) is 0 Å². The van der Waals surface area contributed by atoms with Crippen molar-refractivity contribution in [2.75, 3.05) is 19.0 Å². The molecule has 0 aliphatic heterocycles. The van der Waals surface area contributed by atoms with E-state index in [0.717, 1.165) is 39.1 Å². The van der Waals surface area contributed by atoms with E-state index in [2.05, 4.69) is 39.1 Å². The Morgan fingerprint density at radius 1 is 0.879 bits per heavy atom. The fourth-order valence-corrected chi connectivity index (χ4v) is 3.95. The molecule has 33 heavy (non-hydrogen) atoms. The summed E-state index contributed by atoms with van der Waals surface area (Å²) in [6.45, 7) is 0. The summed E-state index contributed by atoms with van der Waals surface area (Å²) in [6, 6.07) is 28.4. The van der Waals surface area contributed by atoms with E-state index in [1.165, 1.54) is 0 Å². The van der Waals surface area contributed by atoms with Gasteiger partial charge in [-0.2, -0.15) is 4.98 Å². The molecular weight excluding hydrogens is 428 g/mol. The lowest BCUT2D eigenvalue weighted by Gasteiger charge is -2.11. The minimum Gasteiger partial charge on any atom is -0.437 e. The minimum atomic E-state index is 0.325. The van der Waals surface area contributed by atoms with Crippen molar-refractivity contribution >= 4 is 41.0 Å². The van der Waals surface area contributed by atoms with Crippen molar-refractivity contribution in [2.45, 2.75) is 0 Å². The maximum absolute atomic E-state index is 6.28. The molecular formula is C27H22N4OS. The van der Waals surface area contributed by atoms with Crippen LogP contribution in [0.1, 0.15) is 5.56 Å². The predicted molar refractivity (Wildman–Crippen MR) is 138 cm³/mol. The van der Waals surface area contributed by atoms with E-state index in [0.29, 0.717) is 16.3 Å². The van der Waals surface area contributed by atoms with Crippen molar-refractivity contribution in [3.63, 3.8) is 0 Å². The van der Waals surface area contributed by atoms with Gasteiger partial charge in [-0.1, -0.05) is 72.8 Å². The van der Waals surface area contributed by atoms with E-state index in [9.17, 15) is 0 Å². The summed E-state index contributed by atoms with van der Waals surface area (Å²) in [5.41, 5.74) is 5.50. The van der Waals surface area contributed by atoms with Gasteiger partial charge in [-0.15, -0.1) is 0 Å². The molecule has 0 radical (unpaired) electrons. The quantitative estimate of drug-likeness (QED) is 0.231. The molecule has 0 aliphatic carbocycles. The van der Waals surface area contributed by atoms with Crippen molar-refractivity contribution in [2.24, 2.45) is 4.99 Å². The van der Waals surface area contributed by atoms with Gasteiger partial charge >= 0.3 is 0 Å². The number of fused-ring (bicyclic) bond motifs is 1. The molecule has 5 aromatic rings. The van der Waals surface area contributed by atoms with Crippen molar-refractivity contribution in [1.82, 2.24) is 9.97 Å². The fraction of sp³-hybridized carbons (Fsp3) is 0.0741. The molecule has 0 bridgehead atoms. The van der Waals surface area contributed by atoms with Gasteiger partial charge in [0.15, 0.2) is 0 Å². The summed E-state index contributed by atoms with van der Waals surface area (Å²) in [7, 11) is 4.04. The van der Waals surface area contributed by atoms with Gasteiger partial charge in [-0.25, -0.2) is 4.99 Å². The maximum Gasteiger partial charge on any atom is 0.233 e. The van der Waals surface area contributed by atoms with E-state index in [1.54, 1.807) is 0 Å². The van der Waals surface area contributed by atoms with Crippen molar-refractivity contribution in [3.05, 3.63) is 95.3 Å². The van der Waals surface area contributed by atoms with Gasteiger partial charge in [-0.05, 0) is 35.5 Å². The van der Waals surface area contributed by atoms with Gasteiger partial charge in [0.1, 0.15) is 11.6 Å². The first-order valence-electron chi connectivity index (χ1n) is 10.6. The number of hydrogen-bond donors (Lipinski definition) is 1. The number of aromatic amines is 1. The number of H-pyrrole nitrogens is 1. The summed E-state index contributed by atoms with van der Waals surface area (Å²) in [5, 5.41) is 0.801. The van der Waals surface area contributed by atoms with Crippen LogP contribution in [0.15, 0.2) is 94.3 Å². The van der Waals surface area contributed by atoms with E-state index >= 15 is 0 Å². The van der Waals surface area contributed by atoms with Crippen LogP contribution in [0, 0.1) is 4.77 Å². The smallest absolute Gasteiger partial charge is 0.233 e. The fourth-order valence-electron chi connectivity index (χ4n) is 3.77. The summed E-state index contributed by atoms with van der Waals surface area (Å²) in [4.78, 5) is 14.5. The van der Waals surface area contributed by atoms with Crippen LogP contribution in [0.3, 0.4) is 0 Å². The SMILES string of the molecule is CN(C)c1ccc(/C=N\c2[nH]c(=S)nc3oc(-c4ccccc4)c(-c4ccccc4)c23)cc1. The second-order valence-corrected chi connectivity index (χ2v) is 8.24. The van der Waals surface area contributed by atoms with Crippen LogP contribution in [0.25, 0.3) is 33.6 Å². The Kier molecular flexibility index (Phi) is 5.59. The van der Waals surface area contributed by atoms with Crippen molar-refractivity contribution < 1.29 is 4.42 Å². The molecule has 3 aromatic carbocycles. The van der Waals surface area contributed by atoms with Crippen LogP contribution < -0.4 is 4.90 Å². The van der Waals surface area contributed by atoms with Crippen molar-refractivity contribution in [3.8, 4) is 22.5 Å². The molecule has 0 amide bonds. The third-order valence-electron chi connectivity index (χ3n) is 5.41. The molecule has 0 saturated carbocycles. The second kappa shape index (κ2) is 8.84. The first-order valence-corrected chi connectivity index (χ1v) is 11.0. The lowest BCUT2D eigenvalue weighted by Crippen LogP contribution is -2.08. The molecule has 5 rings (SSSR count). The van der Waals surface area contributed by atoms with Gasteiger partial charge in [0.05, 0.1) is 5.39 Å². The lowest BCUT2D eigenvalue weighted by molar-refractivity contribution is 0.617. The zero-order valence-electron chi connectivity index (χ0n) is 18.3. The number of aliphatic imine (C=N–C) groups is 1. The van der Waals surface area contributed by atoms with E-state index in [-0.39, 0.29) is 0 Å². The van der Waals surface area contributed by atoms with Gasteiger partial charge in [0.2, 0.25) is 10.5 Å². The maximum atomic E-state index is 6.28. The monoisotopic (exact) mass is 450 g/mol. The first-order chi connectivity index (χ1) is 16.1. The highest BCUT2D eigenvalue weighted by Gasteiger charge is 2.21. The molecule has 2 aromatic heterocycles. The Hall–Kier alpha value is -4.03. The largest absolute Gasteiger partial charge is 0.437 e. The third kappa shape index (κ3) is 4.21. The number of anilines is 1. The molecule has 2 heterocycles. The molecule has 1 N–H and O–H groups in total. The van der Waals surface area contributed by atoms with Gasteiger partial charge < -0.3 is 14.3 Å². The zero-order chi connectivity index (χ0) is 22.8. The molecule has 0 aliphatic rings. The Morgan fingerprint density at radius 3 is 2.15 bits per heavy atom. The van der Waals surface area contributed by atoms with E-state index in [4.69, 9.17) is 21.6 Å². The highest BCUT2D eigenvalue weighted by Crippen LogP contribution is 2.43. The lowest BCUT2D eigenvalue weighted by atomic mass is 9.99. The number of nitrogens with one attached hydrogen (secondary N) is 1. The second-order valence-electron chi connectivity index (χ2n) is 7.85. The molecule has 0 saturated heterocycles. The molecule has 0 spiro atoms. The minimum absolute atomic E-state index is 0.325. The molecule has 5 nitrogen and oxygen atoms in total. The van der Waals surface area contributed by atoms with Crippen LogP contribution in [0.2, 0.25) is 0 Å². The van der Waals surface area contributed by atoms with Crippen LogP contribution in [0.4, 0.5) is 11.5 Å². The summed E-state index contributed by atoms with van der Waals surface area (Å²) >= 11 is 5.38. The van der Waals surface area contributed by atoms with E-state index in [1.807, 2.05) is 81.0 Å². The summed E-state index contributed by atoms with van der Waals surface area (Å²) in [6.07, 6.45) is 1.82. The average Bonchev–Trinajstić information content (AvgIpc) is 3.23. The predicted octanol–water partition coefficient (Wildman–Crippen LogP) is 7.04. The standard InChI is InChI=1S/C27H22N4OS/c1-31(2)21-15-13-18(14-16-21)17-28-25-23-22(19-9-5-3-6-10-19)24(20-11-7-4-8-12-20)32-26(23)30-27(33)29-25/h3-17H,1-2H3,(H,29,30,33)/b28-17-. The normalized spacial score (nSPS) is 11.3. The number of rotatable bonds is 5. The molecule has 0 atom stereocenters. The van der Waals surface area contributed by atoms with Crippen LogP contribution in [-0.2, 0) is 0 Å². The zero-order valence-corrected chi connectivity index (χ0v) is 19.1. The highest BCUT2D eigenvalue weighted by atomic mass is 32.1. The van der Waals surface area contributed by atoms with Gasteiger partial charge in [0, 0.05) is 37.1 Å². The molecule has 6 heteroatoms. The highest BCUT2D eigenvalue weighted by molar-refractivity contribution is 7.71. The third-order valence-corrected chi connectivity index (χ3v) is 5.60. The van der Waals surface area contributed by atoms with Crippen LogP contribution >= 0.6 is 12.2 Å². The van der Waals surface area contributed by atoms with E-state index < -0.39 is 0 Å². The number of hydrogen-bond acceptors (Lipinski definition) is 5. The summed E-state index contributed by atoms with van der Waals surface area (Å²) in [5.74, 6) is 1.36. The summed E-state index contributed by atoms with van der Waals surface area (Å²) < 4.78 is 6.60. The molecule has 0 unspecified atom stereocenters. The number of benzene rings is 3. The Labute approximate surface area is 197 Å². The topological polar surface area (TPSA) is 57.4 Å². The number of nitrogens with zero attached hydrogens (tertiary/aromatic N) is 3. The molecule has 162 valence electrons. The average molecular weight is 451 g/mol. The van der Waals surface area contributed by atoms with Gasteiger partial charge in [0.25, 0.3) is 0 Å².